The van der Waals surface area contributed by atoms with Gasteiger partial charge in [-0.2, -0.15) is 0 Å². The third-order valence-electron chi connectivity index (χ3n) is 4.07. The van der Waals surface area contributed by atoms with Crippen LogP contribution in [0.15, 0.2) is 0 Å². The molecule has 0 spiro atoms. The van der Waals surface area contributed by atoms with Crippen molar-refractivity contribution in [2.45, 2.75) is 22.1 Å². The van der Waals surface area contributed by atoms with Crippen LogP contribution < -0.4 is 463 Å². The Morgan fingerprint density at radius 1 is 0.259 bits per heavy atom. The van der Waals surface area contributed by atoms with Gasteiger partial charge in [-0.25, -0.2) is 0 Å². The van der Waals surface area contributed by atoms with Gasteiger partial charge in [0.1, 0.15) is 0 Å². The molecule has 1 radical (unpaired) electrons. The summed E-state index contributed by atoms with van der Waals surface area (Å²) in [5.74, 6) is 0. The summed E-state index contributed by atoms with van der Waals surface area (Å²) in [6, 6.07) is 0. The minimum absolute atomic E-state index is 0. The number of hydrogen-bond donors (Lipinski definition) is 0. The third kappa shape index (κ3) is 41.0. The van der Waals surface area contributed by atoms with Crippen molar-refractivity contribution in [3.05, 3.63) is 0 Å². The van der Waals surface area contributed by atoms with E-state index in [9.17, 15) is 115 Å². The molecule has 0 saturated carbocycles. The van der Waals surface area contributed by atoms with Crippen molar-refractivity contribution in [1.82, 2.24) is 9.80 Å². The van der Waals surface area contributed by atoms with Crippen LogP contribution in [0.1, 0.15) is 0 Å². The molecule has 0 aromatic carbocycles. The fourth-order valence-corrected chi connectivity index (χ4v) is 14.4. The fourth-order valence-electron chi connectivity index (χ4n) is 3.08. The average molecular weight is 1090 g/mol. The van der Waals surface area contributed by atoms with Gasteiger partial charge >= 0.3 is 401 Å². The van der Waals surface area contributed by atoms with E-state index in [1.165, 1.54) is 0 Å². The van der Waals surface area contributed by atoms with Crippen molar-refractivity contribution in [3.8, 4) is 0 Å². The summed E-state index contributed by atoms with van der Waals surface area (Å²) in [5, 5.41) is 0. The van der Waals surface area contributed by atoms with E-state index >= 15 is 0 Å². The first-order valence-electron chi connectivity index (χ1n) is 8.61. The normalized spacial score (nSPS) is 11.7. The zero-order valence-corrected chi connectivity index (χ0v) is 65.6. The van der Waals surface area contributed by atoms with Crippen LogP contribution in [0.2, 0.25) is 0 Å². The molecule has 247 valence electrons. The van der Waals surface area contributed by atoms with Crippen LogP contribution in [0.4, 0.5) is 0 Å². The van der Waals surface area contributed by atoms with E-state index in [1.54, 1.807) is 0 Å². The van der Waals surface area contributed by atoms with Gasteiger partial charge in [0.2, 0.25) is 0 Å². The maximum Gasteiger partial charge on any atom is 3.00 e. The number of hydrogen-bond acceptors (Lipinski definition) is 26. The Bertz CT molecular complexity index is 1060. The summed E-state index contributed by atoms with van der Waals surface area (Å²) in [5.41, 5.74) is -18.9. The largest absolute Gasteiger partial charge is 3.00 e. The second-order valence-corrected chi connectivity index (χ2v) is 21.4. The summed E-state index contributed by atoms with van der Waals surface area (Å²) < 4.78 is 91.3. The van der Waals surface area contributed by atoms with E-state index in [2.05, 4.69) is 0 Å². The molecule has 0 aromatic heterocycles. The molecule has 0 aromatic rings. The summed E-state index contributed by atoms with van der Waals surface area (Å²) in [4.78, 5) is 179. The van der Waals surface area contributed by atoms with Crippen molar-refractivity contribution in [2.24, 2.45) is 0 Å². The smallest absolute Gasteiger partial charge is 0.809 e. The molecule has 0 aliphatic rings. The second-order valence-electron chi connectivity index (χ2n) is 7.18. The molecule has 0 N–H and O–H groups in total. The summed E-state index contributed by atoms with van der Waals surface area (Å²) >= 11 is 0. The molecule has 0 bridgehead atoms. The Labute approximate surface area is 606 Å². The van der Waals surface area contributed by atoms with Gasteiger partial charge in [0.15, 0.2) is 0 Å². The van der Waals surface area contributed by atoms with Crippen molar-refractivity contribution >= 4 is 60.8 Å². The van der Waals surface area contributed by atoms with Crippen LogP contribution in [-0.2, 0) is 53.6 Å². The maximum absolute atomic E-state index is 11.4. The van der Waals surface area contributed by atoms with E-state index < -0.39 is 106 Å². The van der Waals surface area contributed by atoms with Crippen molar-refractivity contribution < 1.29 is 516 Å². The fraction of sp³-hybridized carbons (Fsp3) is 1.00. The van der Waals surface area contributed by atoms with Crippen LogP contribution in [0, 0.1) is 0 Å². The first-order chi connectivity index (χ1) is 17.0. The zero-order chi connectivity index (χ0) is 32.9. The molecule has 0 atom stereocenters. The standard InChI is InChI=1S/C6H24N2O24P8.Fe.13Na/c9-33(10,11)3(34(12,13)14)7(4(35(15,16)17)36(18,19)20)1-2-8(5(37(21,22)23)38(24,25)26)6(39(27,28)29)40(30,31)32;;;;;;;;;;;;;;/h3-6H,1-2H2,(H2,9,10,11)(H2,12,13,14)(H2,15,16,17)(H2,18,19,20)(H2,21,22,23)(H2,24,25,26)(H2,27,28,29)(H2,30,31,32);;;;;;;;;;;;;;/q;+3;13*+1/p-16. The minimum Gasteiger partial charge on any atom is -0.809 e. The number of nitrogens with zero attached hydrogens (tertiary/aromatic N) is 2. The van der Waals surface area contributed by atoms with E-state index in [4.69, 9.17) is 0 Å². The quantitative estimate of drug-likeness (QED) is 0.109. The van der Waals surface area contributed by atoms with Gasteiger partial charge in [0.05, 0.1) is 22.1 Å². The van der Waals surface area contributed by atoms with Gasteiger partial charge in [-0.1, -0.05) is 0 Å². The average Bonchev–Trinajstić information content (AvgIpc) is 2.48. The topological polar surface area (TPSA) is 512 Å². The van der Waals surface area contributed by atoms with Gasteiger partial charge in [0.25, 0.3) is 0 Å². The minimum atomic E-state index is -7.38. The monoisotopic (exact) mass is 1090 g/mol. The SMILES string of the molecule is O=P([O-])([O-])C(N(CCN(C(P(=O)([O-])[O-])P(=O)([O-])[O-])C(P(=O)([O-])[O-])P(=O)([O-])[O-])C(P(=O)([O-])[O-])P(=O)([O-])[O-])P(=O)([O-])[O-].[Fe+3].[Na+].[Na+].[Na+].[Na+].[Na+].[Na+].[Na+].[Na+].[Na+].[Na+].[Na+].[Na+].[Na+]. The van der Waals surface area contributed by atoms with E-state index in [0.29, 0.717) is 0 Å². The van der Waals surface area contributed by atoms with Crippen molar-refractivity contribution in [2.75, 3.05) is 13.1 Å². The second kappa shape index (κ2) is 44.0. The van der Waals surface area contributed by atoms with E-state index in [-0.39, 0.29) is 401 Å². The third-order valence-corrected chi connectivity index (χ3v) is 17.8. The first kappa shape index (κ1) is 109. The maximum atomic E-state index is 11.4. The molecule has 0 aliphatic carbocycles. The van der Waals surface area contributed by atoms with E-state index in [1.807, 2.05) is 0 Å². The molecule has 0 rings (SSSR count). The molecule has 54 heavy (non-hydrogen) atoms. The van der Waals surface area contributed by atoms with Gasteiger partial charge in [-0.05, 0) is 60.8 Å². The van der Waals surface area contributed by atoms with Crippen LogP contribution in [0.3, 0.4) is 0 Å². The Hall–Kier alpha value is 14.6. The van der Waals surface area contributed by atoms with E-state index in [0.717, 1.165) is 0 Å². The first-order valence-corrected chi connectivity index (χ1v) is 21.5. The molecular weight excluding hydrogens is 1090 g/mol. The van der Waals surface area contributed by atoms with Crippen LogP contribution in [0.5, 0.6) is 0 Å². The Morgan fingerprint density at radius 3 is 0.389 bits per heavy atom. The van der Waals surface area contributed by atoms with Gasteiger partial charge < -0.3 is 115 Å². The van der Waals surface area contributed by atoms with Crippen LogP contribution >= 0.6 is 60.8 Å². The zero-order valence-electron chi connectivity index (χ0n) is 31.3. The van der Waals surface area contributed by atoms with Crippen LogP contribution in [0.25, 0.3) is 0 Å². The Kier molecular flexibility index (Phi) is 88.9. The van der Waals surface area contributed by atoms with Crippen molar-refractivity contribution in [3.63, 3.8) is 0 Å². The van der Waals surface area contributed by atoms with Gasteiger partial charge in [-0.15, -0.1) is 0 Å². The number of rotatable bonds is 15. The Morgan fingerprint density at radius 2 is 0.333 bits per heavy atom. The molecule has 0 fully saturated rings. The molecule has 0 heterocycles. The van der Waals surface area contributed by atoms with Crippen LogP contribution in [-0.4, -0.2) is 45.0 Å². The molecule has 0 aliphatic heterocycles. The summed E-state index contributed by atoms with van der Waals surface area (Å²) in [6.07, 6.45) is 0. The predicted molar refractivity (Wildman–Crippen MR) is 89.4 cm³/mol. The Balaban J connectivity index is -0.0000000836. The molecule has 48 heteroatoms. The summed E-state index contributed by atoms with van der Waals surface area (Å²) in [7, 11) is -59.0. The molecule has 26 nitrogen and oxygen atoms in total. The molecule has 0 unspecified atom stereocenters. The molecule has 0 amide bonds. The van der Waals surface area contributed by atoms with Gasteiger partial charge in [-0.3, -0.25) is 9.80 Å². The van der Waals surface area contributed by atoms with Gasteiger partial charge in [0, 0.05) is 13.1 Å². The predicted octanol–water partition coefficient (Wildman–Crippen LogP) is -52.9. The molecule has 0 saturated heterocycles. The summed E-state index contributed by atoms with van der Waals surface area (Å²) in [6.45, 7) is -5.62. The van der Waals surface area contributed by atoms with Crippen molar-refractivity contribution in [1.29, 1.82) is 0 Å². The molecular formula is C6H8FeN2Na13O24P8.